The Hall–Kier alpha value is -1.39. The van der Waals surface area contributed by atoms with E-state index in [1.54, 1.807) is 12.1 Å². The van der Waals surface area contributed by atoms with Crippen LogP contribution in [0, 0.1) is 0 Å². The first-order chi connectivity index (χ1) is 6.68. The van der Waals surface area contributed by atoms with E-state index in [1.807, 2.05) is 6.07 Å². The summed E-state index contributed by atoms with van der Waals surface area (Å²) < 4.78 is 5.27. The molecule has 1 atom stereocenters. The normalized spacial score (nSPS) is 20.2. The van der Waals surface area contributed by atoms with Gasteiger partial charge >= 0.3 is 0 Å². The minimum Gasteiger partial charge on any atom is -0.375 e. The summed E-state index contributed by atoms with van der Waals surface area (Å²) >= 11 is 0. The Bertz CT molecular complexity index is 376. The molecule has 0 saturated carbocycles. The van der Waals surface area contributed by atoms with E-state index in [-0.39, 0.29) is 6.04 Å². The van der Waals surface area contributed by atoms with Crippen molar-refractivity contribution in [1.82, 2.24) is 0 Å². The standard InChI is InChI=1S/C10H12N2O2/c11-9-5-14-4-7-2-1-6(10(12)13)3-8(7)9/h1-3,9H,4-5,11H2,(H2,12,13). The van der Waals surface area contributed by atoms with E-state index in [4.69, 9.17) is 16.2 Å². The van der Waals surface area contributed by atoms with Crippen molar-refractivity contribution >= 4 is 5.91 Å². The van der Waals surface area contributed by atoms with Crippen LogP contribution in [0.1, 0.15) is 27.5 Å². The molecule has 2 rings (SSSR count). The summed E-state index contributed by atoms with van der Waals surface area (Å²) in [4.78, 5) is 10.9. The van der Waals surface area contributed by atoms with E-state index in [2.05, 4.69) is 0 Å². The van der Waals surface area contributed by atoms with Crippen LogP contribution in [-0.2, 0) is 11.3 Å². The van der Waals surface area contributed by atoms with Gasteiger partial charge < -0.3 is 16.2 Å². The zero-order chi connectivity index (χ0) is 10.1. The first kappa shape index (κ1) is 9.18. The number of hydrogen-bond donors (Lipinski definition) is 2. The molecule has 0 radical (unpaired) electrons. The van der Waals surface area contributed by atoms with Crippen LogP contribution < -0.4 is 11.5 Å². The summed E-state index contributed by atoms with van der Waals surface area (Å²) in [5.41, 5.74) is 13.5. The van der Waals surface area contributed by atoms with Gasteiger partial charge in [-0.2, -0.15) is 0 Å². The summed E-state index contributed by atoms with van der Waals surface area (Å²) in [6.07, 6.45) is 0. The van der Waals surface area contributed by atoms with Crippen molar-refractivity contribution in [2.24, 2.45) is 11.5 Å². The van der Waals surface area contributed by atoms with E-state index < -0.39 is 5.91 Å². The first-order valence-corrected chi connectivity index (χ1v) is 4.44. The average Bonchev–Trinajstić information content (AvgIpc) is 2.18. The number of amides is 1. The van der Waals surface area contributed by atoms with Crippen LogP contribution in [0.15, 0.2) is 18.2 Å². The summed E-state index contributed by atoms with van der Waals surface area (Å²) in [7, 11) is 0. The predicted molar refractivity (Wildman–Crippen MR) is 51.5 cm³/mol. The monoisotopic (exact) mass is 192 g/mol. The Balaban J connectivity index is 2.45. The number of fused-ring (bicyclic) bond motifs is 1. The van der Waals surface area contributed by atoms with Gasteiger partial charge in [-0.15, -0.1) is 0 Å². The summed E-state index contributed by atoms with van der Waals surface area (Å²) in [6, 6.07) is 5.14. The van der Waals surface area contributed by atoms with Crippen LogP contribution in [0.2, 0.25) is 0 Å². The largest absolute Gasteiger partial charge is 0.375 e. The molecule has 14 heavy (non-hydrogen) atoms. The maximum Gasteiger partial charge on any atom is 0.248 e. The third kappa shape index (κ3) is 1.49. The highest BCUT2D eigenvalue weighted by Crippen LogP contribution is 2.23. The van der Waals surface area contributed by atoms with Gasteiger partial charge in [-0.3, -0.25) is 4.79 Å². The Morgan fingerprint density at radius 1 is 1.50 bits per heavy atom. The molecule has 0 saturated heterocycles. The third-order valence-corrected chi connectivity index (χ3v) is 2.38. The number of benzene rings is 1. The van der Waals surface area contributed by atoms with Gasteiger partial charge in [0.25, 0.3) is 0 Å². The van der Waals surface area contributed by atoms with Crippen LogP contribution in [0.3, 0.4) is 0 Å². The van der Waals surface area contributed by atoms with Crippen LogP contribution in [0.5, 0.6) is 0 Å². The summed E-state index contributed by atoms with van der Waals surface area (Å²) in [6.45, 7) is 1.05. The second-order valence-electron chi connectivity index (χ2n) is 3.40. The zero-order valence-electron chi connectivity index (χ0n) is 7.69. The van der Waals surface area contributed by atoms with Gasteiger partial charge in [0.2, 0.25) is 5.91 Å². The van der Waals surface area contributed by atoms with E-state index in [0.717, 1.165) is 11.1 Å². The van der Waals surface area contributed by atoms with Crippen LogP contribution in [0.25, 0.3) is 0 Å². The number of rotatable bonds is 1. The SMILES string of the molecule is NC(=O)c1ccc2c(c1)C(N)COC2. The van der Waals surface area contributed by atoms with Gasteiger partial charge in [0, 0.05) is 5.56 Å². The van der Waals surface area contributed by atoms with Gasteiger partial charge in [-0.1, -0.05) is 6.07 Å². The number of carbonyl (C=O) groups is 1. The lowest BCUT2D eigenvalue weighted by atomic mass is 9.97. The highest BCUT2D eigenvalue weighted by Gasteiger charge is 2.18. The molecule has 0 spiro atoms. The molecule has 4 heteroatoms. The van der Waals surface area contributed by atoms with E-state index in [0.29, 0.717) is 18.8 Å². The molecule has 1 unspecified atom stereocenters. The quantitative estimate of drug-likeness (QED) is 0.672. The molecule has 1 aliphatic heterocycles. The topological polar surface area (TPSA) is 78.3 Å². The molecule has 0 aromatic heterocycles. The lowest BCUT2D eigenvalue weighted by Gasteiger charge is -2.22. The Morgan fingerprint density at radius 3 is 3.00 bits per heavy atom. The van der Waals surface area contributed by atoms with E-state index >= 15 is 0 Å². The van der Waals surface area contributed by atoms with Crippen molar-refractivity contribution in [3.05, 3.63) is 34.9 Å². The highest BCUT2D eigenvalue weighted by molar-refractivity contribution is 5.93. The van der Waals surface area contributed by atoms with Crippen molar-refractivity contribution in [3.8, 4) is 0 Å². The van der Waals surface area contributed by atoms with E-state index in [1.165, 1.54) is 0 Å². The molecule has 0 bridgehead atoms. The fourth-order valence-electron chi connectivity index (χ4n) is 1.61. The van der Waals surface area contributed by atoms with Crippen molar-refractivity contribution < 1.29 is 9.53 Å². The number of ether oxygens (including phenoxy) is 1. The molecule has 1 aromatic rings. The van der Waals surface area contributed by atoms with Gasteiger partial charge in [-0.25, -0.2) is 0 Å². The molecule has 1 amide bonds. The number of primary amides is 1. The Morgan fingerprint density at radius 2 is 2.29 bits per heavy atom. The van der Waals surface area contributed by atoms with Gasteiger partial charge in [0.15, 0.2) is 0 Å². The summed E-state index contributed by atoms with van der Waals surface area (Å²) in [5.74, 6) is -0.425. The Labute approximate surface area is 81.8 Å². The molecule has 0 aliphatic carbocycles. The molecule has 4 nitrogen and oxygen atoms in total. The molecule has 1 aliphatic rings. The van der Waals surface area contributed by atoms with Crippen molar-refractivity contribution in [2.75, 3.05) is 6.61 Å². The molecule has 74 valence electrons. The molecule has 0 fully saturated rings. The smallest absolute Gasteiger partial charge is 0.248 e. The number of nitrogens with two attached hydrogens (primary N) is 2. The zero-order valence-corrected chi connectivity index (χ0v) is 7.69. The van der Waals surface area contributed by atoms with Crippen LogP contribution in [0.4, 0.5) is 0 Å². The number of hydrogen-bond acceptors (Lipinski definition) is 3. The van der Waals surface area contributed by atoms with Gasteiger partial charge in [-0.05, 0) is 23.3 Å². The molecular formula is C10H12N2O2. The maximum absolute atomic E-state index is 10.9. The van der Waals surface area contributed by atoms with Crippen molar-refractivity contribution in [3.63, 3.8) is 0 Å². The van der Waals surface area contributed by atoms with Crippen molar-refractivity contribution in [2.45, 2.75) is 12.6 Å². The molecular weight excluding hydrogens is 180 g/mol. The van der Waals surface area contributed by atoms with E-state index in [9.17, 15) is 4.79 Å². The fourth-order valence-corrected chi connectivity index (χ4v) is 1.61. The van der Waals surface area contributed by atoms with Gasteiger partial charge in [0.1, 0.15) is 0 Å². The minimum absolute atomic E-state index is 0.155. The number of carbonyl (C=O) groups excluding carboxylic acids is 1. The molecule has 1 aromatic carbocycles. The van der Waals surface area contributed by atoms with Crippen LogP contribution >= 0.6 is 0 Å². The molecule has 4 N–H and O–H groups in total. The molecule has 1 heterocycles. The van der Waals surface area contributed by atoms with Crippen molar-refractivity contribution in [1.29, 1.82) is 0 Å². The summed E-state index contributed by atoms with van der Waals surface area (Å²) in [5, 5.41) is 0. The van der Waals surface area contributed by atoms with Crippen LogP contribution in [-0.4, -0.2) is 12.5 Å². The fraction of sp³-hybridized carbons (Fsp3) is 0.300. The lowest BCUT2D eigenvalue weighted by Crippen LogP contribution is -2.24. The first-order valence-electron chi connectivity index (χ1n) is 4.44. The highest BCUT2D eigenvalue weighted by atomic mass is 16.5. The maximum atomic E-state index is 10.9. The second kappa shape index (κ2) is 3.40. The average molecular weight is 192 g/mol. The third-order valence-electron chi connectivity index (χ3n) is 2.38. The second-order valence-corrected chi connectivity index (χ2v) is 3.40. The Kier molecular flexibility index (Phi) is 2.23. The lowest BCUT2D eigenvalue weighted by molar-refractivity contribution is 0.0919. The van der Waals surface area contributed by atoms with Gasteiger partial charge in [0.05, 0.1) is 19.3 Å². The minimum atomic E-state index is -0.425. The predicted octanol–water partition coefficient (Wildman–Crippen LogP) is 0.316.